The van der Waals surface area contributed by atoms with Gasteiger partial charge in [0.15, 0.2) is 5.65 Å². The molecule has 2 aromatic heterocycles. The lowest BCUT2D eigenvalue weighted by Crippen LogP contribution is -2.39. The summed E-state index contributed by atoms with van der Waals surface area (Å²) in [6.07, 6.45) is 6.92. The van der Waals surface area contributed by atoms with Crippen LogP contribution in [0.2, 0.25) is 0 Å². The van der Waals surface area contributed by atoms with Crippen LogP contribution in [-0.2, 0) is 6.54 Å². The number of urea groups is 1. The fourth-order valence-corrected chi connectivity index (χ4v) is 2.94. The summed E-state index contributed by atoms with van der Waals surface area (Å²) in [7, 11) is 0. The van der Waals surface area contributed by atoms with Gasteiger partial charge in [-0.25, -0.2) is 14.3 Å². The van der Waals surface area contributed by atoms with Crippen molar-refractivity contribution in [2.75, 3.05) is 6.54 Å². The highest BCUT2D eigenvalue weighted by Crippen LogP contribution is 2.23. The van der Waals surface area contributed by atoms with Crippen molar-refractivity contribution in [2.45, 2.75) is 38.3 Å². The largest absolute Gasteiger partial charge is 0.393 e. The van der Waals surface area contributed by atoms with Gasteiger partial charge in [0.2, 0.25) is 0 Å². The molecule has 1 aliphatic rings. The molecule has 1 saturated carbocycles. The highest BCUT2D eigenvalue weighted by molar-refractivity contribution is 5.73. The van der Waals surface area contributed by atoms with E-state index >= 15 is 0 Å². The third-order valence-corrected chi connectivity index (χ3v) is 4.11. The van der Waals surface area contributed by atoms with E-state index in [0.717, 1.165) is 37.0 Å². The maximum Gasteiger partial charge on any atom is 0.315 e. The average Bonchev–Trinajstić information content (AvgIpc) is 3.00. The zero-order chi connectivity index (χ0) is 15.4. The first-order valence-corrected chi connectivity index (χ1v) is 7.70. The van der Waals surface area contributed by atoms with Crippen LogP contribution in [0.5, 0.6) is 0 Å². The van der Waals surface area contributed by atoms with Crippen molar-refractivity contribution in [3.8, 4) is 0 Å². The standard InChI is InChI=1S/C15H21N5O2/c21-13-3-1-2-11(8-13)9-17-15(22)18-10-12-4-6-16-14-5-7-19-20(12)14/h4-7,11,13,21H,1-3,8-10H2,(H2,17,18,22). The summed E-state index contributed by atoms with van der Waals surface area (Å²) < 4.78 is 1.71. The predicted octanol–water partition coefficient (Wildman–Crippen LogP) is 1.08. The first-order valence-electron chi connectivity index (χ1n) is 7.70. The number of fused-ring (bicyclic) bond motifs is 1. The van der Waals surface area contributed by atoms with Gasteiger partial charge < -0.3 is 15.7 Å². The van der Waals surface area contributed by atoms with Crippen molar-refractivity contribution in [1.82, 2.24) is 25.2 Å². The Hall–Kier alpha value is -2.15. The Kier molecular flexibility index (Phi) is 4.53. The van der Waals surface area contributed by atoms with Gasteiger partial charge in [0.25, 0.3) is 0 Å². The fourth-order valence-electron chi connectivity index (χ4n) is 2.94. The topological polar surface area (TPSA) is 91.6 Å². The summed E-state index contributed by atoms with van der Waals surface area (Å²) in [6, 6.07) is 3.45. The van der Waals surface area contributed by atoms with Crippen LogP contribution in [-0.4, -0.2) is 38.4 Å². The predicted molar refractivity (Wildman–Crippen MR) is 81.2 cm³/mol. The van der Waals surface area contributed by atoms with E-state index in [1.165, 1.54) is 0 Å². The Morgan fingerprint density at radius 2 is 2.23 bits per heavy atom. The van der Waals surface area contributed by atoms with Gasteiger partial charge in [-0.2, -0.15) is 5.10 Å². The van der Waals surface area contributed by atoms with Gasteiger partial charge in [0.05, 0.1) is 24.5 Å². The Morgan fingerprint density at radius 3 is 3.09 bits per heavy atom. The Balaban J connectivity index is 1.47. The maximum atomic E-state index is 11.9. The number of amides is 2. The second-order valence-corrected chi connectivity index (χ2v) is 5.79. The van der Waals surface area contributed by atoms with Crippen molar-refractivity contribution < 1.29 is 9.90 Å². The molecule has 3 N–H and O–H groups in total. The second-order valence-electron chi connectivity index (χ2n) is 5.79. The van der Waals surface area contributed by atoms with E-state index in [2.05, 4.69) is 20.7 Å². The smallest absolute Gasteiger partial charge is 0.315 e. The maximum absolute atomic E-state index is 11.9. The minimum absolute atomic E-state index is 0.197. The average molecular weight is 303 g/mol. The van der Waals surface area contributed by atoms with Gasteiger partial charge in [-0.05, 0) is 31.2 Å². The lowest BCUT2D eigenvalue weighted by atomic mass is 9.87. The first-order chi connectivity index (χ1) is 10.7. The number of aliphatic hydroxyl groups excluding tert-OH is 1. The molecular weight excluding hydrogens is 282 g/mol. The van der Waals surface area contributed by atoms with Crippen LogP contribution >= 0.6 is 0 Å². The molecule has 1 aliphatic carbocycles. The third kappa shape index (κ3) is 3.54. The molecule has 2 heterocycles. The van der Waals surface area contributed by atoms with E-state index in [4.69, 9.17) is 0 Å². The van der Waals surface area contributed by atoms with Crippen molar-refractivity contribution in [2.24, 2.45) is 5.92 Å². The van der Waals surface area contributed by atoms with E-state index in [-0.39, 0.29) is 12.1 Å². The quantitative estimate of drug-likeness (QED) is 0.788. The van der Waals surface area contributed by atoms with Crippen molar-refractivity contribution in [3.05, 3.63) is 30.2 Å². The van der Waals surface area contributed by atoms with E-state index in [1.54, 1.807) is 16.9 Å². The second kappa shape index (κ2) is 6.74. The molecular formula is C15H21N5O2. The molecule has 2 unspecified atom stereocenters. The molecule has 7 nitrogen and oxygen atoms in total. The summed E-state index contributed by atoms with van der Waals surface area (Å²) >= 11 is 0. The van der Waals surface area contributed by atoms with Crippen LogP contribution in [0.1, 0.15) is 31.4 Å². The van der Waals surface area contributed by atoms with Crippen LogP contribution < -0.4 is 10.6 Å². The zero-order valence-corrected chi connectivity index (χ0v) is 12.4. The van der Waals surface area contributed by atoms with Gasteiger partial charge in [0, 0.05) is 18.8 Å². The number of nitrogens with one attached hydrogen (secondary N) is 2. The van der Waals surface area contributed by atoms with Gasteiger partial charge >= 0.3 is 6.03 Å². The van der Waals surface area contributed by atoms with Gasteiger partial charge in [0.1, 0.15) is 0 Å². The van der Waals surface area contributed by atoms with Crippen molar-refractivity contribution in [3.63, 3.8) is 0 Å². The van der Waals surface area contributed by atoms with Crippen LogP contribution in [0.3, 0.4) is 0 Å². The van der Waals surface area contributed by atoms with Crippen LogP contribution in [0, 0.1) is 5.92 Å². The molecule has 118 valence electrons. The molecule has 3 rings (SSSR count). The van der Waals surface area contributed by atoms with Crippen molar-refractivity contribution >= 4 is 11.7 Å². The number of carbonyl (C=O) groups excluding carboxylic acids is 1. The van der Waals surface area contributed by atoms with Gasteiger partial charge in [-0.15, -0.1) is 0 Å². The summed E-state index contributed by atoms with van der Waals surface area (Å²) in [4.78, 5) is 16.1. The lowest BCUT2D eigenvalue weighted by molar-refractivity contribution is 0.101. The number of nitrogens with zero attached hydrogens (tertiary/aromatic N) is 3. The number of aromatic nitrogens is 3. The minimum Gasteiger partial charge on any atom is -0.393 e. The SMILES string of the molecule is O=C(NCc1ccnc2ccnn12)NCC1CCCC(O)C1. The Labute approximate surface area is 128 Å². The molecule has 0 spiro atoms. The third-order valence-electron chi connectivity index (χ3n) is 4.11. The number of hydrogen-bond acceptors (Lipinski definition) is 4. The summed E-state index contributed by atoms with van der Waals surface area (Å²) in [5.74, 6) is 0.369. The first kappa shape index (κ1) is 14.8. The highest BCUT2D eigenvalue weighted by atomic mass is 16.3. The Morgan fingerprint density at radius 1 is 1.32 bits per heavy atom. The molecule has 2 aromatic rings. The van der Waals surface area contributed by atoms with Crippen molar-refractivity contribution in [1.29, 1.82) is 0 Å². The molecule has 0 bridgehead atoms. The van der Waals surface area contributed by atoms with Crippen LogP contribution in [0.4, 0.5) is 4.79 Å². The summed E-state index contributed by atoms with van der Waals surface area (Å²) in [6.45, 7) is 0.996. The van der Waals surface area contributed by atoms with Gasteiger partial charge in [-0.3, -0.25) is 0 Å². The van der Waals surface area contributed by atoms with Crippen LogP contribution in [0.15, 0.2) is 24.5 Å². The fraction of sp³-hybridized carbons (Fsp3) is 0.533. The molecule has 1 fully saturated rings. The summed E-state index contributed by atoms with van der Waals surface area (Å²) in [5.41, 5.74) is 1.63. The molecule has 2 atom stereocenters. The molecule has 22 heavy (non-hydrogen) atoms. The molecule has 0 aromatic carbocycles. The molecule has 0 aliphatic heterocycles. The lowest BCUT2D eigenvalue weighted by Gasteiger charge is -2.25. The van der Waals surface area contributed by atoms with E-state index in [9.17, 15) is 9.90 Å². The highest BCUT2D eigenvalue weighted by Gasteiger charge is 2.20. The number of aliphatic hydroxyl groups is 1. The zero-order valence-electron chi connectivity index (χ0n) is 12.4. The van der Waals surface area contributed by atoms with Gasteiger partial charge in [-0.1, -0.05) is 6.42 Å². The van der Waals surface area contributed by atoms with E-state index in [0.29, 0.717) is 19.0 Å². The minimum atomic E-state index is -0.214. The Bertz CT molecular complexity index is 642. The normalized spacial score (nSPS) is 21.7. The van der Waals surface area contributed by atoms with E-state index < -0.39 is 0 Å². The number of carbonyl (C=O) groups is 1. The van der Waals surface area contributed by atoms with E-state index in [1.807, 2.05) is 12.1 Å². The number of rotatable bonds is 4. The molecule has 7 heteroatoms. The summed E-state index contributed by atoms with van der Waals surface area (Å²) in [5, 5.41) is 19.5. The molecule has 0 radical (unpaired) electrons. The number of hydrogen-bond donors (Lipinski definition) is 3. The molecule has 0 saturated heterocycles. The molecule has 2 amide bonds. The van der Waals surface area contributed by atoms with Crippen LogP contribution in [0.25, 0.3) is 5.65 Å². The monoisotopic (exact) mass is 303 g/mol.